The van der Waals surface area contributed by atoms with E-state index in [2.05, 4.69) is 146 Å². The van der Waals surface area contributed by atoms with Gasteiger partial charge in [0.25, 0.3) is 0 Å². The van der Waals surface area contributed by atoms with E-state index in [9.17, 15) is 5.26 Å². The highest BCUT2D eigenvalue weighted by Crippen LogP contribution is 2.56. The Morgan fingerprint density at radius 2 is 1.00 bits per heavy atom. The second-order valence-electron chi connectivity index (χ2n) is 13.6. The minimum atomic E-state index is -0.0568. The molecule has 9 rings (SSSR count). The van der Waals surface area contributed by atoms with Gasteiger partial charge in [-0.25, -0.2) is 9.97 Å². The van der Waals surface area contributed by atoms with Crippen LogP contribution in [0.3, 0.4) is 0 Å². The molecule has 1 spiro atoms. The second kappa shape index (κ2) is 12.4. The van der Waals surface area contributed by atoms with Crippen LogP contribution < -0.4 is 0 Å². The molecule has 0 radical (unpaired) electrons. The Morgan fingerprint density at radius 1 is 0.440 bits per heavy atom. The van der Waals surface area contributed by atoms with Crippen LogP contribution in [0.25, 0.3) is 67.3 Å². The molecule has 50 heavy (non-hydrogen) atoms. The number of hydrogen-bond donors (Lipinski definition) is 0. The van der Waals surface area contributed by atoms with Gasteiger partial charge in [-0.2, -0.15) is 5.26 Å². The molecule has 2 aliphatic rings. The molecule has 0 atom stereocenters. The van der Waals surface area contributed by atoms with E-state index in [0.29, 0.717) is 5.82 Å². The van der Waals surface area contributed by atoms with Crippen LogP contribution in [0.5, 0.6) is 0 Å². The minimum Gasteiger partial charge on any atom is -0.228 e. The molecule has 1 aromatic heterocycles. The first kappa shape index (κ1) is 30.0. The van der Waals surface area contributed by atoms with Gasteiger partial charge in [0, 0.05) is 22.1 Å². The molecular formula is C47H35N3. The molecule has 0 saturated heterocycles. The van der Waals surface area contributed by atoms with Crippen molar-refractivity contribution >= 4 is 0 Å². The highest BCUT2D eigenvalue weighted by atomic mass is 14.9. The largest absolute Gasteiger partial charge is 0.228 e. The van der Waals surface area contributed by atoms with E-state index >= 15 is 0 Å². The maximum absolute atomic E-state index is 9.80. The summed E-state index contributed by atoms with van der Waals surface area (Å²) in [4.78, 5) is 10.6. The Bertz CT molecular complexity index is 2410. The third kappa shape index (κ3) is 5.04. The lowest BCUT2D eigenvalue weighted by atomic mass is 9.67. The predicted octanol–water partition coefficient (Wildman–Crippen LogP) is 11.9. The van der Waals surface area contributed by atoms with Crippen molar-refractivity contribution in [2.24, 2.45) is 0 Å². The van der Waals surface area contributed by atoms with Gasteiger partial charge in [0.05, 0.1) is 23.0 Å². The summed E-state index contributed by atoms with van der Waals surface area (Å²) < 4.78 is 0. The van der Waals surface area contributed by atoms with E-state index in [-0.39, 0.29) is 5.41 Å². The quantitative estimate of drug-likeness (QED) is 0.188. The van der Waals surface area contributed by atoms with E-state index in [4.69, 9.17) is 9.97 Å². The molecule has 0 unspecified atom stereocenters. The normalized spacial score (nSPS) is 14.1. The van der Waals surface area contributed by atoms with Crippen LogP contribution in [0.15, 0.2) is 152 Å². The van der Waals surface area contributed by atoms with Crippen molar-refractivity contribution in [1.82, 2.24) is 9.97 Å². The van der Waals surface area contributed by atoms with Crippen molar-refractivity contribution in [3.8, 4) is 73.4 Å². The average Bonchev–Trinajstić information content (AvgIpc) is 3.45. The van der Waals surface area contributed by atoms with Crippen LogP contribution in [0.4, 0.5) is 0 Å². The Labute approximate surface area is 293 Å². The standard InChI is InChI=1S/C47H35N3/c48-31-32-22-24-38-39-25-23-35(29-43(39)47(42(38)28-32)26-12-3-13-27-47)37-19-9-11-21-41(37)46-49-44(34-16-6-2-7-17-34)30-45(50-46)40-20-10-8-18-36(40)33-14-4-1-5-15-33/h1-2,4-11,14-25,28-30H,3,12-13,26-27H2. The predicted molar refractivity (Wildman–Crippen MR) is 203 cm³/mol. The molecule has 238 valence electrons. The molecule has 6 aromatic carbocycles. The van der Waals surface area contributed by atoms with E-state index in [1.165, 1.54) is 41.5 Å². The Balaban J connectivity index is 1.22. The molecule has 0 bridgehead atoms. The van der Waals surface area contributed by atoms with Crippen LogP contribution in [0.1, 0.15) is 48.8 Å². The lowest BCUT2D eigenvalue weighted by Crippen LogP contribution is -2.28. The summed E-state index contributed by atoms with van der Waals surface area (Å²) >= 11 is 0. The van der Waals surface area contributed by atoms with Gasteiger partial charge >= 0.3 is 0 Å². The summed E-state index contributed by atoms with van der Waals surface area (Å²) in [6.45, 7) is 0. The molecule has 1 saturated carbocycles. The molecule has 1 fully saturated rings. The van der Waals surface area contributed by atoms with Gasteiger partial charge in [-0.3, -0.25) is 0 Å². The van der Waals surface area contributed by atoms with Crippen molar-refractivity contribution in [3.05, 3.63) is 168 Å². The molecule has 3 nitrogen and oxygen atoms in total. The fraction of sp³-hybridized carbons (Fsp3) is 0.128. The summed E-state index contributed by atoms with van der Waals surface area (Å²) in [5.74, 6) is 0.703. The lowest BCUT2D eigenvalue weighted by Gasteiger charge is -2.36. The summed E-state index contributed by atoms with van der Waals surface area (Å²) in [7, 11) is 0. The van der Waals surface area contributed by atoms with Crippen molar-refractivity contribution in [3.63, 3.8) is 0 Å². The molecule has 0 aliphatic heterocycles. The number of rotatable bonds is 5. The summed E-state index contributed by atoms with van der Waals surface area (Å²) in [6.07, 6.45) is 5.88. The smallest absolute Gasteiger partial charge is 0.161 e. The molecule has 3 heteroatoms. The fourth-order valence-electron chi connectivity index (χ4n) is 8.39. The maximum Gasteiger partial charge on any atom is 0.161 e. The third-order valence-corrected chi connectivity index (χ3v) is 10.8. The van der Waals surface area contributed by atoms with Gasteiger partial charge in [-0.1, -0.05) is 147 Å². The number of hydrogen-bond acceptors (Lipinski definition) is 3. The van der Waals surface area contributed by atoms with E-state index in [1.807, 2.05) is 12.1 Å². The van der Waals surface area contributed by atoms with Crippen LogP contribution >= 0.6 is 0 Å². The monoisotopic (exact) mass is 641 g/mol. The van der Waals surface area contributed by atoms with Crippen molar-refractivity contribution < 1.29 is 0 Å². The first-order valence-corrected chi connectivity index (χ1v) is 17.6. The summed E-state index contributed by atoms with van der Waals surface area (Å²) in [6, 6.07) is 55.8. The molecule has 1 heterocycles. The summed E-state index contributed by atoms with van der Waals surface area (Å²) in [5.41, 5.74) is 15.5. The Hall–Kier alpha value is -6.11. The van der Waals surface area contributed by atoms with Crippen LogP contribution in [0.2, 0.25) is 0 Å². The average molecular weight is 642 g/mol. The lowest BCUT2D eigenvalue weighted by molar-refractivity contribution is 0.353. The van der Waals surface area contributed by atoms with Gasteiger partial charge in [-0.05, 0) is 81.6 Å². The van der Waals surface area contributed by atoms with Crippen LogP contribution in [-0.2, 0) is 5.41 Å². The number of nitrogens with zero attached hydrogens (tertiary/aromatic N) is 3. The van der Waals surface area contributed by atoms with Crippen LogP contribution in [-0.4, -0.2) is 9.97 Å². The van der Waals surface area contributed by atoms with E-state index in [0.717, 1.165) is 68.7 Å². The number of benzene rings is 6. The summed E-state index contributed by atoms with van der Waals surface area (Å²) in [5, 5.41) is 9.80. The van der Waals surface area contributed by atoms with Crippen molar-refractivity contribution in [2.75, 3.05) is 0 Å². The zero-order chi connectivity index (χ0) is 33.5. The fourth-order valence-corrected chi connectivity index (χ4v) is 8.39. The minimum absolute atomic E-state index is 0.0568. The van der Waals surface area contributed by atoms with Gasteiger partial charge in [0.15, 0.2) is 5.82 Å². The van der Waals surface area contributed by atoms with E-state index < -0.39 is 0 Å². The zero-order valence-electron chi connectivity index (χ0n) is 27.8. The Kier molecular flexibility index (Phi) is 7.44. The Morgan fingerprint density at radius 3 is 1.70 bits per heavy atom. The van der Waals surface area contributed by atoms with Gasteiger partial charge in [0.1, 0.15) is 0 Å². The van der Waals surface area contributed by atoms with Crippen molar-refractivity contribution in [1.29, 1.82) is 5.26 Å². The molecular weight excluding hydrogens is 607 g/mol. The second-order valence-corrected chi connectivity index (χ2v) is 13.6. The first-order chi connectivity index (χ1) is 24.7. The van der Waals surface area contributed by atoms with Crippen LogP contribution in [0, 0.1) is 11.3 Å². The molecule has 7 aromatic rings. The SMILES string of the molecule is N#Cc1ccc2c(c1)C1(CCCCC1)c1cc(-c3ccccc3-c3nc(-c4ccccc4)cc(-c4ccccc4-c4ccccc4)n3)ccc1-2. The highest BCUT2D eigenvalue weighted by Gasteiger charge is 2.44. The zero-order valence-corrected chi connectivity index (χ0v) is 27.8. The van der Waals surface area contributed by atoms with E-state index in [1.54, 1.807) is 0 Å². The first-order valence-electron chi connectivity index (χ1n) is 17.6. The molecule has 2 aliphatic carbocycles. The number of fused-ring (bicyclic) bond motifs is 5. The highest BCUT2D eigenvalue weighted by molar-refractivity contribution is 5.89. The topological polar surface area (TPSA) is 49.6 Å². The molecule has 0 N–H and O–H groups in total. The van der Waals surface area contributed by atoms with Gasteiger partial charge < -0.3 is 0 Å². The van der Waals surface area contributed by atoms with Crippen molar-refractivity contribution in [2.45, 2.75) is 37.5 Å². The maximum atomic E-state index is 9.80. The molecule has 0 amide bonds. The van der Waals surface area contributed by atoms with Gasteiger partial charge in [0.2, 0.25) is 0 Å². The third-order valence-electron chi connectivity index (χ3n) is 10.8. The number of aromatic nitrogens is 2. The number of nitriles is 1. The van der Waals surface area contributed by atoms with Gasteiger partial charge in [-0.15, -0.1) is 0 Å².